The summed E-state index contributed by atoms with van der Waals surface area (Å²) in [6, 6.07) is 2.99. The van der Waals surface area contributed by atoms with Gasteiger partial charge in [0.2, 0.25) is 11.8 Å². The summed E-state index contributed by atoms with van der Waals surface area (Å²) >= 11 is 0. The molecule has 13 heteroatoms. The number of aryl methyl sites for hydroxylation is 1. The van der Waals surface area contributed by atoms with E-state index in [9.17, 15) is 19.5 Å². The van der Waals surface area contributed by atoms with E-state index < -0.39 is 75.1 Å². The number of hydrogen-bond acceptors (Lipinski definition) is 7. The van der Waals surface area contributed by atoms with E-state index in [0.717, 1.165) is 22.8 Å². The Bertz CT molecular complexity index is 1990. The molecule has 10 nitrogen and oxygen atoms in total. The molecule has 2 amide bonds. The molecule has 4 aromatic rings. The van der Waals surface area contributed by atoms with Gasteiger partial charge in [0.25, 0.3) is 0 Å². The fourth-order valence-corrected chi connectivity index (χ4v) is 6.34. The Morgan fingerprint density at radius 2 is 1.87 bits per heavy atom. The van der Waals surface area contributed by atoms with Gasteiger partial charge in [0.1, 0.15) is 28.9 Å². The van der Waals surface area contributed by atoms with E-state index in [0.29, 0.717) is 11.3 Å². The second kappa shape index (κ2) is 10.8. The van der Waals surface area contributed by atoms with Crippen LogP contribution in [-0.4, -0.2) is 61.5 Å². The lowest BCUT2D eigenvalue weighted by Crippen LogP contribution is -2.62. The number of hydrogen-bond donors (Lipinski definition) is 2. The number of rotatable bonds is 4. The number of carbonyl (C=O) groups excluding carboxylic acids is 2. The number of piperazine rings is 1. The first-order chi connectivity index (χ1) is 21.4. The molecule has 2 aliphatic rings. The van der Waals surface area contributed by atoms with Crippen molar-refractivity contribution in [2.45, 2.75) is 45.7 Å². The quantitative estimate of drug-likeness (QED) is 0.322. The number of phenols is 1. The van der Waals surface area contributed by atoms with Gasteiger partial charge in [-0.3, -0.25) is 19.1 Å². The second-order valence-electron chi connectivity index (χ2n) is 11.5. The van der Waals surface area contributed by atoms with Gasteiger partial charge in [-0.25, -0.2) is 18.0 Å². The van der Waals surface area contributed by atoms with E-state index in [4.69, 9.17) is 0 Å². The van der Waals surface area contributed by atoms with Crippen LogP contribution >= 0.6 is 0 Å². The zero-order valence-corrected chi connectivity index (χ0v) is 24.9. The Morgan fingerprint density at radius 3 is 2.53 bits per heavy atom. The van der Waals surface area contributed by atoms with Crippen LogP contribution in [0.2, 0.25) is 0 Å². The average molecular weight is 619 g/mol. The summed E-state index contributed by atoms with van der Waals surface area (Å²) in [6.07, 6.45) is 2.65. The van der Waals surface area contributed by atoms with Gasteiger partial charge in [-0.05, 0) is 49.6 Å². The van der Waals surface area contributed by atoms with E-state index >= 15 is 13.2 Å². The summed E-state index contributed by atoms with van der Waals surface area (Å²) in [5.41, 5.74) is -2.65. The van der Waals surface area contributed by atoms with Crippen molar-refractivity contribution in [1.82, 2.24) is 19.4 Å². The van der Waals surface area contributed by atoms with Crippen LogP contribution in [0, 0.1) is 24.4 Å². The average Bonchev–Trinajstić information content (AvgIpc) is 3.11. The lowest BCUT2D eigenvalue weighted by molar-refractivity contribution is -0.128. The highest BCUT2D eigenvalue weighted by atomic mass is 19.1. The second-order valence-corrected chi connectivity index (χ2v) is 11.5. The Morgan fingerprint density at radius 1 is 1.13 bits per heavy atom. The van der Waals surface area contributed by atoms with Gasteiger partial charge >= 0.3 is 5.69 Å². The molecule has 2 aliphatic heterocycles. The molecule has 4 heterocycles. The molecule has 0 bridgehead atoms. The van der Waals surface area contributed by atoms with Crippen LogP contribution in [0.5, 0.6) is 5.75 Å². The molecule has 2 aromatic heterocycles. The van der Waals surface area contributed by atoms with Crippen LogP contribution in [0.15, 0.2) is 47.9 Å². The number of fused-ring (bicyclic) bond motifs is 2. The molecule has 1 saturated heterocycles. The van der Waals surface area contributed by atoms with Crippen molar-refractivity contribution in [2.24, 2.45) is 0 Å². The Labute approximate surface area is 255 Å². The normalized spacial score (nSPS) is 17.7. The third-order valence-electron chi connectivity index (χ3n) is 8.33. The maximum absolute atomic E-state index is 17.1. The Hall–Kier alpha value is -5.20. The SMILES string of the molecule is C=CC(=O)N1CC(C)N2c3nc(=O)n(-c4c(C)ccnc4C(C)C)c4c(F)c(-c5c(O)cccc5F)c(F)c(c34)NC(=O)C2C1. The zero-order chi connectivity index (χ0) is 32.5. The third-order valence-corrected chi connectivity index (χ3v) is 8.33. The van der Waals surface area contributed by atoms with Crippen LogP contribution in [-0.2, 0) is 9.59 Å². The molecule has 0 spiro atoms. The summed E-state index contributed by atoms with van der Waals surface area (Å²) in [7, 11) is 0. The summed E-state index contributed by atoms with van der Waals surface area (Å²) in [4.78, 5) is 52.1. The predicted molar refractivity (Wildman–Crippen MR) is 162 cm³/mol. The molecule has 2 unspecified atom stereocenters. The first-order valence-corrected chi connectivity index (χ1v) is 14.3. The van der Waals surface area contributed by atoms with Crippen molar-refractivity contribution in [3.8, 4) is 22.6 Å². The molecule has 232 valence electrons. The van der Waals surface area contributed by atoms with Crippen LogP contribution in [0.3, 0.4) is 0 Å². The van der Waals surface area contributed by atoms with Gasteiger partial charge in [-0.1, -0.05) is 26.5 Å². The number of pyridine rings is 1. The molecule has 45 heavy (non-hydrogen) atoms. The lowest BCUT2D eigenvalue weighted by atomic mass is 9.97. The maximum atomic E-state index is 17.1. The fraction of sp³-hybridized carbons (Fsp3) is 0.281. The van der Waals surface area contributed by atoms with Crippen molar-refractivity contribution in [1.29, 1.82) is 0 Å². The first-order valence-electron chi connectivity index (χ1n) is 14.3. The van der Waals surface area contributed by atoms with Crippen molar-refractivity contribution >= 4 is 34.2 Å². The number of aromatic hydroxyl groups is 1. The van der Waals surface area contributed by atoms with Crippen LogP contribution < -0.4 is 15.9 Å². The topological polar surface area (TPSA) is 121 Å². The summed E-state index contributed by atoms with van der Waals surface area (Å²) < 4.78 is 50.0. The highest BCUT2D eigenvalue weighted by Crippen LogP contribution is 2.47. The van der Waals surface area contributed by atoms with Crippen molar-refractivity contribution in [2.75, 3.05) is 23.3 Å². The number of halogens is 3. The van der Waals surface area contributed by atoms with Gasteiger partial charge in [0.15, 0.2) is 11.6 Å². The van der Waals surface area contributed by atoms with E-state index in [2.05, 4.69) is 21.9 Å². The van der Waals surface area contributed by atoms with Gasteiger partial charge in [0, 0.05) is 18.8 Å². The largest absolute Gasteiger partial charge is 0.507 e. The molecule has 0 aliphatic carbocycles. The molecule has 0 saturated carbocycles. The molecule has 2 aromatic carbocycles. The number of carbonyl (C=O) groups is 2. The zero-order valence-electron chi connectivity index (χ0n) is 24.9. The number of benzene rings is 2. The van der Waals surface area contributed by atoms with E-state index in [1.807, 2.05) is 13.8 Å². The fourth-order valence-electron chi connectivity index (χ4n) is 6.34. The minimum Gasteiger partial charge on any atom is -0.507 e. The highest BCUT2D eigenvalue weighted by molar-refractivity contribution is 6.13. The third kappa shape index (κ3) is 4.44. The molecular formula is C32H29F3N6O4. The number of nitrogens with one attached hydrogen (secondary N) is 1. The van der Waals surface area contributed by atoms with Gasteiger partial charge < -0.3 is 20.2 Å². The van der Waals surface area contributed by atoms with Crippen molar-refractivity contribution < 1.29 is 27.9 Å². The minimum absolute atomic E-state index is 0.0988. The Kier molecular flexibility index (Phi) is 7.13. The standard InChI is InChI=1S/C32H29F3N6O4/c1-6-20(43)39-12-16(5)40-18(13-39)31(44)37-27-23-29(25(35)22(24(27)34)21-17(33)8-7-9-19(21)42)41(32(45)38-30(23)40)28-15(4)10-11-36-26(28)14(2)3/h6-11,14,16,18,42H,1,12-13H2,2-5H3,(H,37,44). The molecule has 2 atom stereocenters. The summed E-state index contributed by atoms with van der Waals surface area (Å²) in [6.45, 7) is 10.5. The number of anilines is 2. The molecular weight excluding hydrogens is 589 g/mol. The van der Waals surface area contributed by atoms with E-state index in [1.165, 1.54) is 22.1 Å². The molecule has 2 N–H and O–H groups in total. The van der Waals surface area contributed by atoms with E-state index in [1.54, 1.807) is 19.9 Å². The smallest absolute Gasteiger partial charge is 0.354 e. The van der Waals surface area contributed by atoms with Gasteiger partial charge in [-0.2, -0.15) is 4.98 Å². The van der Waals surface area contributed by atoms with Crippen LogP contribution in [0.1, 0.15) is 37.9 Å². The molecule has 6 rings (SSSR count). The maximum Gasteiger partial charge on any atom is 0.354 e. The highest BCUT2D eigenvalue weighted by Gasteiger charge is 2.44. The lowest BCUT2D eigenvalue weighted by Gasteiger charge is -2.44. The number of amides is 2. The van der Waals surface area contributed by atoms with Crippen molar-refractivity contribution in [3.05, 3.63) is 82.3 Å². The van der Waals surface area contributed by atoms with Crippen LogP contribution in [0.4, 0.5) is 24.7 Å². The number of aromatic nitrogens is 3. The molecule has 1 fully saturated rings. The first kappa shape index (κ1) is 29.9. The van der Waals surface area contributed by atoms with Gasteiger partial charge in [0.05, 0.1) is 40.1 Å². The number of nitrogens with zero attached hydrogens (tertiary/aromatic N) is 5. The van der Waals surface area contributed by atoms with Crippen molar-refractivity contribution in [3.63, 3.8) is 0 Å². The van der Waals surface area contributed by atoms with E-state index in [-0.39, 0.29) is 35.9 Å². The summed E-state index contributed by atoms with van der Waals surface area (Å²) in [5.74, 6) is -6.26. The summed E-state index contributed by atoms with van der Waals surface area (Å²) in [5, 5.41) is 12.9. The molecule has 0 radical (unpaired) electrons. The predicted octanol–water partition coefficient (Wildman–Crippen LogP) is 4.55. The minimum atomic E-state index is -1.37. The van der Waals surface area contributed by atoms with Gasteiger partial charge in [-0.15, -0.1) is 0 Å². The monoisotopic (exact) mass is 618 g/mol. The Balaban J connectivity index is 1.81. The number of phenolic OH excluding ortho intramolecular Hbond substituents is 1. The van der Waals surface area contributed by atoms with Crippen LogP contribution in [0.25, 0.3) is 27.7 Å².